The lowest BCUT2D eigenvalue weighted by Gasteiger charge is -2.34. The van der Waals surface area contributed by atoms with Gasteiger partial charge in [0.05, 0.1) is 22.4 Å². The molecule has 2 aliphatic heterocycles. The molecule has 31 heavy (non-hydrogen) atoms. The van der Waals surface area contributed by atoms with E-state index < -0.39 is 31.0 Å². The van der Waals surface area contributed by atoms with E-state index in [-0.39, 0.29) is 55.7 Å². The van der Waals surface area contributed by atoms with Crippen LogP contribution in [0.1, 0.15) is 22.9 Å². The van der Waals surface area contributed by atoms with Crippen LogP contribution in [0.2, 0.25) is 0 Å². The Hall–Kier alpha value is -2.38. The molecule has 3 heterocycles. The molecule has 0 aliphatic carbocycles. The van der Waals surface area contributed by atoms with Gasteiger partial charge in [-0.3, -0.25) is 4.79 Å². The van der Waals surface area contributed by atoms with Gasteiger partial charge in [-0.05, 0) is 37.6 Å². The Kier molecular flexibility index (Phi) is 5.60. The number of piperazine rings is 1. The standard InChI is InChI=1S/C18H22FN5O5S2/c1-13-20-17(21-24(13)15-4-2-14(19)3-5-15)18(25)22-7-9-23(10-8-22)31(28,29)16-6-11-30(26,27)12-16/h2-5,16H,6-12H2,1H3. The first-order valence-electron chi connectivity index (χ1n) is 9.75. The predicted octanol–water partition coefficient (Wildman–Crippen LogP) is -0.0105. The van der Waals surface area contributed by atoms with E-state index in [1.165, 1.54) is 38.2 Å². The Morgan fingerprint density at radius 2 is 1.77 bits per heavy atom. The fourth-order valence-electron chi connectivity index (χ4n) is 3.80. The molecule has 0 saturated carbocycles. The minimum absolute atomic E-state index is 0.0278. The van der Waals surface area contributed by atoms with E-state index in [1.807, 2.05) is 0 Å². The van der Waals surface area contributed by atoms with Gasteiger partial charge >= 0.3 is 0 Å². The van der Waals surface area contributed by atoms with Crippen LogP contribution in [-0.4, -0.2) is 89.6 Å². The Labute approximate surface area is 179 Å². The molecule has 2 aromatic rings. The number of carbonyl (C=O) groups excluding carboxylic acids is 1. The smallest absolute Gasteiger partial charge is 0.293 e. The highest BCUT2D eigenvalue weighted by atomic mass is 32.2. The second-order valence-corrected chi connectivity index (χ2v) is 12.1. The third-order valence-corrected chi connectivity index (χ3v) is 9.84. The first-order valence-corrected chi connectivity index (χ1v) is 13.1. The minimum atomic E-state index is -3.74. The molecule has 10 nitrogen and oxygen atoms in total. The number of hydrogen-bond acceptors (Lipinski definition) is 7. The number of hydrogen-bond donors (Lipinski definition) is 0. The molecule has 168 valence electrons. The van der Waals surface area contributed by atoms with E-state index >= 15 is 0 Å². The van der Waals surface area contributed by atoms with Crippen LogP contribution in [0.25, 0.3) is 5.69 Å². The number of amides is 1. The number of nitrogens with zero attached hydrogens (tertiary/aromatic N) is 5. The second kappa shape index (κ2) is 7.95. The van der Waals surface area contributed by atoms with Crippen molar-refractivity contribution in [1.29, 1.82) is 0 Å². The van der Waals surface area contributed by atoms with Crippen molar-refractivity contribution < 1.29 is 26.0 Å². The molecule has 0 radical (unpaired) electrons. The molecule has 2 aliphatic rings. The largest absolute Gasteiger partial charge is 0.333 e. The van der Waals surface area contributed by atoms with Crippen molar-refractivity contribution >= 4 is 25.8 Å². The van der Waals surface area contributed by atoms with E-state index in [0.717, 1.165) is 0 Å². The normalized spacial score (nSPS) is 22.0. The molecular formula is C18H22FN5O5S2. The van der Waals surface area contributed by atoms with Crippen LogP contribution < -0.4 is 0 Å². The van der Waals surface area contributed by atoms with Gasteiger partial charge < -0.3 is 4.90 Å². The summed E-state index contributed by atoms with van der Waals surface area (Å²) in [4.78, 5) is 18.5. The predicted molar refractivity (Wildman–Crippen MR) is 110 cm³/mol. The van der Waals surface area contributed by atoms with Gasteiger partial charge in [-0.25, -0.2) is 30.9 Å². The van der Waals surface area contributed by atoms with E-state index in [1.54, 1.807) is 6.92 Å². The SMILES string of the molecule is Cc1nc(C(=O)N2CCN(S(=O)(=O)C3CCS(=O)(=O)C3)CC2)nn1-c1ccc(F)cc1. The average Bonchev–Trinajstić information content (AvgIpc) is 3.30. The molecule has 2 fully saturated rings. The molecule has 1 amide bonds. The Morgan fingerprint density at radius 3 is 2.35 bits per heavy atom. The van der Waals surface area contributed by atoms with Crippen molar-refractivity contribution in [2.24, 2.45) is 0 Å². The number of benzene rings is 1. The highest BCUT2D eigenvalue weighted by Gasteiger charge is 2.41. The molecule has 2 saturated heterocycles. The molecule has 1 unspecified atom stereocenters. The lowest BCUT2D eigenvalue weighted by Crippen LogP contribution is -2.52. The average molecular weight is 472 g/mol. The zero-order chi connectivity index (χ0) is 22.4. The Bertz CT molecular complexity index is 1200. The van der Waals surface area contributed by atoms with E-state index in [2.05, 4.69) is 10.1 Å². The number of sulfonamides is 1. The third kappa shape index (κ3) is 4.34. The van der Waals surface area contributed by atoms with Gasteiger partial charge in [-0.15, -0.1) is 5.10 Å². The molecule has 0 bridgehead atoms. The van der Waals surface area contributed by atoms with Crippen molar-refractivity contribution in [2.75, 3.05) is 37.7 Å². The van der Waals surface area contributed by atoms with Gasteiger partial charge in [0.1, 0.15) is 11.6 Å². The van der Waals surface area contributed by atoms with Crippen molar-refractivity contribution in [3.63, 3.8) is 0 Å². The first kappa shape index (κ1) is 21.8. The van der Waals surface area contributed by atoms with Crippen LogP contribution >= 0.6 is 0 Å². The zero-order valence-corrected chi connectivity index (χ0v) is 18.4. The molecule has 13 heteroatoms. The highest BCUT2D eigenvalue weighted by Crippen LogP contribution is 2.23. The lowest BCUT2D eigenvalue weighted by atomic mass is 10.3. The van der Waals surface area contributed by atoms with Crippen LogP contribution in [0.4, 0.5) is 4.39 Å². The monoisotopic (exact) mass is 471 g/mol. The van der Waals surface area contributed by atoms with Crippen molar-refractivity contribution in [1.82, 2.24) is 24.0 Å². The second-order valence-electron chi connectivity index (χ2n) is 7.63. The first-order chi connectivity index (χ1) is 14.6. The van der Waals surface area contributed by atoms with Gasteiger partial charge in [-0.2, -0.15) is 4.31 Å². The molecule has 1 aromatic carbocycles. The van der Waals surface area contributed by atoms with E-state index in [0.29, 0.717) is 11.5 Å². The van der Waals surface area contributed by atoms with Gasteiger partial charge in [0, 0.05) is 26.2 Å². The van der Waals surface area contributed by atoms with Crippen LogP contribution in [0, 0.1) is 12.7 Å². The summed E-state index contributed by atoms with van der Waals surface area (Å²) < 4.78 is 64.7. The maximum absolute atomic E-state index is 13.1. The lowest BCUT2D eigenvalue weighted by molar-refractivity contribution is 0.0685. The summed E-state index contributed by atoms with van der Waals surface area (Å²) in [6.07, 6.45) is 0.105. The van der Waals surface area contributed by atoms with Gasteiger partial charge in [0.15, 0.2) is 9.84 Å². The molecule has 1 aromatic heterocycles. The Balaban J connectivity index is 1.43. The summed E-state index contributed by atoms with van der Waals surface area (Å²) in [6, 6.07) is 5.62. The summed E-state index contributed by atoms with van der Waals surface area (Å²) in [5.74, 6) is -0.848. The Morgan fingerprint density at radius 1 is 1.13 bits per heavy atom. The molecule has 4 rings (SSSR count). The number of aromatic nitrogens is 3. The third-order valence-electron chi connectivity index (χ3n) is 5.53. The van der Waals surface area contributed by atoms with Crippen LogP contribution in [0.15, 0.2) is 24.3 Å². The van der Waals surface area contributed by atoms with Crippen molar-refractivity contribution in [3.8, 4) is 5.69 Å². The molecular weight excluding hydrogens is 449 g/mol. The van der Waals surface area contributed by atoms with E-state index in [4.69, 9.17) is 0 Å². The number of halogens is 1. The molecule has 1 atom stereocenters. The van der Waals surface area contributed by atoms with Gasteiger partial charge in [-0.1, -0.05) is 0 Å². The number of carbonyl (C=O) groups is 1. The summed E-state index contributed by atoms with van der Waals surface area (Å²) in [7, 11) is -7.05. The van der Waals surface area contributed by atoms with Gasteiger partial charge in [0.25, 0.3) is 5.91 Å². The van der Waals surface area contributed by atoms with E-state index in [9.17, 15) is 26.0 Å². The fourth-order valence-corrected chi connectivity index (χ4v) is 8.31. The maximum Gasteiger partial charge on any atom is 0.293 e. The number of aryl methyl sites for hydroxylation is 1. The van der Waals surface area contributed by atoms with Crippen LogP contribution in [0.3, 0.4) is 0 Å². The van der Waals surface area contributed by atoms with Crippen molar-refractivity contribution in [2.45, 2.75) is 18.6 Å². The van der Waals surface area contributed by atoms with Crippen molar-refractivity contribution in [3.05, 3.63) is 41.7 Å². The molecule has 0 N–H and O–H groups in total. The number of sulfone groups is 1. The number of rotatable bonds is 4. The summed E-state index contributed by atoms with van der Waals surface area (Å²) >= 11 is 0. The fraction of sp³-hybridized carbons (Fsp3) is 0.500. The van der Waals surface area contributed by atoms with Gasteiger partial charge in [0.2, 0.25) is 15.8 Å². The van der Waals surface area contributed by atoms with Crippen LogP contribution in [0.5, 0.6) is 0 Å². The summed E-state index contributed by atoms with van der Waals surface area (Å²) in [5.41, 5.74) is 0.563. The summed E-state index contributed by atoms with van der Waals surface area (Å²) in [5, 5.41) is 3.30. The summed E-state index contributed by atoms with van der Waals surface area (Å²) in [6.45, 7) is 2.15. The van der Waals surface area contributed by atoms with Crippen LogP contribution in [-0.2, 0) is 19.9 Å². The zero-order valence-electron chi connectivity index (χ0n) is 16.8. The minimum Gasteiger partial charge on any atom is -0.333 e. The quantitative estimate of drug-likeness (QED) is 0.615. The highest BCUT2D eigenvalue weighted by molar-refractivity contribution is 7.95. The maximum atomic E-state index is 13.1. The topological polar surface area (TPSA) is 123 Å². The molecule has 0 spiro atoms.